The van der Waals surface area contributed by atoms with Crippen LogP contribution in [-0.2, 0) is 4.74 Å². The van der Waals surface area contributed by atoms with Crippen molar-refractivity contribution in [1.29, 1.82) is 0 Å². The minimum atomic E-state index is -0.817. The summed E-state index contributed by atoms with van der Waals surface area (Å²) in [4.78, 5) is 9.83. The molecule has 0 saturated heterocycles. The molecule has 1 radical (unpaired) electrons. The molecule has 0 aromatic heterocycles. The molecule has 0 bridgehead atoms. The first-order valence-corrected chi connectivity index (χ1v) is 1.88. The zero-order valence-electron chi connectivity index (χ0n) is 4.97. The number of hydrogen-bond donors (Lipinski definition) is 2. The summed E-state index contributed by atoms with van der Waals surface area (Å²) in [6, 6.07) is 0. The summed E-state index contributed by atoms with van der Waals surface area (Å²) >= 11 is 0. The number of hydroxylamine groups is 1. The second-order valence-electron chi connectivity index (χ2n) is 0.832. The summed E-state index contributed by atoms with van der Waals surface area (Å²) in [7, 11) is 0. The van der Waals surface area contributed by atoms with Gasteiger partial charge < -0.3 is 4.74 Å². The van der Waals surface area contributed by atoms with Gasteiger partial charge in [-0.25, -0.2) is 10.3 Å². The fourth-order valence-corrected chi connectivity index (χ4v) is 0.163. The molecule has 0 unspecified atom stereocenters. The number of rotatable bonds is 1. The Balaban J connectivity index is 0. The molecule has 2 N–H and O–H groups in total. The molecule has 0 aliphatic rings. The van der Waals surface area contributed by atoms with Gasteiger partial charge in [0.2, 0.25) is 0 Å². The van der Waals surface area contributed by atoms with E-state index in [0.29, 0.717) is 0 Å². The Kier molecular flexibility index (Phi) is 11.4. The SMILES string of the molecule is CCOC(=O)NO.[K]. The summed E-state index contributed by atoms with van der Waals surface area (Å²) in [5.41, 5.74) is 1.30. The summed E-state index contributed by atoms with van der Waals surface area (Å²) in [5, 5.41) is 7.74. The van der Waals surface area contributed by atoms with Crippen LogP contribution < -0.4 is 5.48 Å². The fraction of sp³-hybridized carbons (Fsp3) is 0.667. The summed E-state index contributed by atoms with van der Waals surface area (Å²) in [6.45, 7) is 1.92. The van der Waals surface area contributed by atoms with Gasteiger partial charge in [-0.2, -0.15) is 0 Å². The van der Waals surface area contributed by atoms with Crippen LogP contribution >= 0.6 is 0 Å². The molecule has 0 fully saturated rings. The average Bonchev–Trinajstić information content (AvgIpc) is 1.68. The summed E-state index contributed by atoms with van der Waals surface area (Å²) in [6.07, 6.45) is -0.817. The number of amides is 1. The van der Waals surface area contributed by atoms with E-state index in [2.05, 4.69) is 4.74 Å². The van der Waals surface area contributed by atoms with Gasteiger partial charge in [-0.15, -0.1) is 0 Å². The van der Waals surface area contributed by atoms with Crippen LogP contribution in [-0.4, -0.2) is 69.3 Å². The zero-order chi connectivity index (χ0) is 5.70. The molecule has 0 aromatic rings. The molecule has 0 aromatic carbocycles. The van der Waals surface area contributed by atoms with Crippen molar-refractivity contribution < 1.29 is 14.7 Å². The van der Waals surface area contributed by atoms with Gasteiger partial charge in [0.1, 0.15) is 0 Å². The Bertz CT molecular complexity index is 67.5. The molecule has 0 spiro atoms. The van der Waals surface area contributed by atoms with Crippen molar-refractivity contribution in [3.63, 3.8) is 0 Å². The van der Waals surface area contributed by atoms with Crippen LogP contribution in [0.15, 0.2) is 0 Å². The Morgan fingerprint density at radius 2 is 2.38 bits per heavy atom. The van der Waals surface area contributed by atoms with E-state index < -0.39 is 6.09 Å². The predicted octanol–water partition coefficient (Wildman–Crippen LogP) is -0.259. The van der Waals surface area contributed by atoms with Crippen LogP contribution in [0.25, 0.3) is 0 Å². The van der Waals surface area contributed by atoms with Gasteiger partial charge in [-0.1, -0.05) is 0 Å². The molecule has 4 nitrogen and oxygen atoms in total. The number of carbonyl (C=O) groups is 1. The molecule has 0 atom stereocenters. The number of carbonyl (C=O) groups excluding carboxylic acids is 1. The van der Waals surface area contributed by atoms with Gasteiger partial charge in [-0.05, 0) is 6.92 Å². The second-order valence-corrected chi connectivity index (χ2v) is 0.832. The molecule has 0 heterocycles. The van der Waals surface area contributed by atoms with Crippen molar-refractivity contribution in [2.75, 3.05) is 6.61 Å². The Morgan fingerprint density at radius 1 is 1.88 bits per heavy atom. The first-order valence-electron chi connectivity index (χ1n) is 1.88. The first kappa shape index (κ1) is 11.6. The molecule has 0 aliphatic carbocycles. The third-order valence-corrected chi connectivity index (χ3v) is 0.367. The molecular weight excluding hydrogens is 137 g/mol. The van der Waals surface area contributed by atoms with Crippen LogP contribution in [0.3, 0.4) is 0 Å². The molecule has 0 aliphatic heterocycles. The van der Waals surface area contributed by atoms with E-state index in [9.17, 15) is 4.79 Å². The van der Waals surface area contributed by atoms with E-state index in [1.807, 2.05) is 0 Å². The maximum atomic E-state index is 9.83. The largest absolute Gasteiger partial charge is 0.448 e. The minimum absolute atomic E-state index is 0. The number of ether oxygens (including phenoxy) is 1. The van der Waals surface area contributed by atoms with Gasteiger partial charge in [0, 0.05) is 51.4 Å². The topological polar surface area (TPSA) is 58.6 Å². The Hall–Kier alpha value is 0.866. The Labute approximate surface area is 90.0 Å². The van der Waals surface area contributed by atoms with E-state index in [1.165, 1.54) is 5.48 Å². The van der Waals surface area contributed by atoms with Crippen molar-refractivity contribution in [3.05, 3.63) is 0 Å². The number of nitrogens with one attached hydrogen (secondary N) is 1. The van der Waals surface area contributed by atoms with Crippen LogP contribution in [0.2, 0.25) is 0 Å². The minimum Gasteiger partial charge on any atom is -0.448 e. The van der Waals surface area contributed by atoms with Gasteiger partial charge >= 0.3 is 6.09 Å². The van der Waals surface area contributed by atoms with Crippen molar-refractivity contribution in [1.82, 2.24) is 5.48 Å². The monoisotopic (exact) mass is 144 g/mol. The smallest absolute Gasteiger partial charge is 0.431 e. The maximum absolute atomic E-state index is 9.83. The van der Waals surface area contributed by atoms with Crippen LogP contribution in [0.4, 0.5) is 4.79 Å². The third-order valence-electron chi connectivity index (χ3n) is 0.367. The van der Waals surface area contributed by atoms with Gasteiger partial charge in [0.05, 0.1) is 6.61 Å². The molecule has 5 heteroatoms. The normalized spacial score (nSPS) is 6.75. The standard InChI is InChI=1S/C3H7NO3.K/c1-2-7-3(5)4-6;/h6H,2H2,1H3,(H,4,5);. The Morgan fingerprint density at radius 3 is 2.50 bits per heavy atom. The van der Waals surface area contributed by atoms with Crippen LogP contribution in [0.5, 0.6) is 0 Å². The quantitative estimate of drug-likeness (QED) is 0.303. The van der Waals surface area contributed by atoms with Gasteiger partial charge in [0.25, 0.3) is 0 Å². The molecule has 43 valence electrons. The van der Waals surface area contributed by atoms with Crippen LogP contribution in [0.1, 0.15) is 6.92 Å². The van der Waals surface area contributed by atoms with Gasteiger partial charge in [-0.3, -0.25) is 5.21 Å². The molecule has 8 heavy (non-hydrogen) atoms. The maximum Gasteiger partial charge on any atom is 0.431 e. The summed E-state index contributed by atoms with van der Waals surface area (Å²) in [5.74, 6) is 0. The van der Waals surface area contributed by atoms with E-state index in [4.69, 9.17) is 5.21 Å². The van der Waals surface area contributed by atoms with Crippen molar-refractivity contribution >= 4 is 57.5 Å². The van der Waals surface area contributed by atoms with Crippen molar-refractivity contribution in [3.8, 4) is 0 Å². The first-order chi connectivity index (χ1) is 3.31. The van der Waals surface area contributed by atoms with E-state index in [1.54, 1.807) is 6.92 Å². The molecule has 0 saturated carbocycles. The van der Waals surface area contributed by atoms with E-state index in [0.717, 1.165) is 0 Å². The van der Waals surface area contributed by atoms with Crippen molar-refractivity contribution in [2.24, 2.45) is 0 Å². The molecular formula is C3H7KNO3. The molecule has 1 amide bonds. The van der Waals surface area contributed by atoms with Gasteiger partial charge in [0.15, 0.2) is 0 Å². The average molecular weight is 144 g/mol. The third kappa shape index (κ3) is 6.87. The predicted molar refractivity (Wildman–Crippen MR) is 27.7 cm³/mol. The molecule has 0 rings (SSSR count). The van der Waals surface area contributed by atoms with Crippen molar-refractivity contribution in [2.45, 2.75) is 6.92 Å². The van der Waals surface area contributed by atoms with E-state index in [-0.39, 0.29) is 58.0 Å². The summed E-state index contributed by atoms with van der Waals surface area (Å²) < 4.78 is 4.19. The number of hydrogen-bond acceptors (Lipinski definition) is 3. The second kappa shape index (κ2) is 7.87. The fourth-order valence-electron chi connectivity index (χ4n) is 0.163. The van der Waals surface area contributed by atoms with E-state index >= 15 is 0 Å². The van der Waals surface area contributed by atoms with Crippen LogP contribution in [0, 0.1) is 0 Å². The zero-order valence-corrected chi connectivity index (χ0v) is 8.09.